The van der Waals surface area contributed by atoms with Crippen molar-refractivity contribution in [2.45, 2.75) is 30.6 Å². The molecule has 19 heavy (non-hydrogen) atoms. The molecule has 1 saturated carbocycles. The lowest BCUT2D eigenvalue weighted by molar-refractivity contribution is 0.332. The highest BCUT2D eigenvalue weighted by atomic mass is 32.2. The summed E-state index contributed by atoms with van der Waals surface area (Å²) in [5, 5.41) is 8.40. The monoisotopic (exact) mass is 283 g/mol. The molecule has 1 aromatic carbocycles. The number of benzene rings is 1. The third-order valence-corrected chi connectivity index (χ3v) is 4.88. The van der Waals surface area contributed by atoms with E-state index in [1.54, 1.807) is 12.1 Å². The number of primary sulfonamides is 1. The number of nitrogens with two attached hydrogens (primary N) is 2. The lowest BCUT2D eigenvalue weighted by atomic mass is 9.86. The molecule has 0 heterocycles. The zero-order valence-corrected chi connectivity index (χ0v) is 11.7. The molecule has 106 valence electrons. The van der Waals surface area contributed by atoms with Crippen LogP contribution in [-0.4, -0.2) is 21.5 Å². The predicted octanol–water partition coefficient (Wildman–Crippen LogP) is 1.26. The molecule has 5 N–H and O–H groups in total. The molecule has 1 aliphatic carbocycles. The van der Waals surface area contributed by atoms with E-state index in [4.69, 9.17) is 10.9 Å². The van der Waals surface area contributed by atoms with Gasteiger partial charge in [-0.3, -0.25) is 0 Å². The van der Waals surface area contributed by atoms with Crippen LogP contribution in [-0.2, 0) is 10.0 Å². The molecule has 5 nitrogen and oxygen atoms in total. The molecule has 0 aliphatic heterocycles. The quantitative estimate of drug-likeness (QED) is 0.757. The SMILES string of the molecule is NCC1(CNc2ccc(S(N)(=O)=O)cc2)CCCC1. The van der Waals surface area contributed by atoms with Crippen LogP contribution in [0.1, 0.15) is 25.7 Å². The van der Waals surface area contributed by atoms with Gasteiger partial charge in [-0.15, -0.1) is 0 Å². The third kappa shape index (κ3) is 3.46. The first-order valence-corrected chi connectivity index (χ1v) is 8.07. The Morgan fingerprint density at radius 2 is 1.74 bits per heavy atom. The molecule has 0 atom stereocenters. The number of sulfonamides is 1. The summed E-state index contributed by atoms with van der Waals surface area (Å²) >= 11 is 0. The van der Waals surface area contributed by atoms with Gasteiger partial charge in [-0.2, -0.15) is 0 Å². The van der Waals surface area contributed by atoms with E-state index >= 15 is 0 Å². The van der Waals surface area contributed by atoms with Crippen LogP contribution in [0.3, 0.4) is 0 Å². The minimum absolute atomic E-state index is 0.132. The van der Waals surface area contributed by atoms with Gasteiger partial charge in [0.05, 0.1) is 4.90 Å². The first-order chi connectivity index (χ1) is 8.95. The van der Waals surface area contributed by atoms with E-state index in [9.17, 15) is 8.42 Å². The van der Waals surface area contributed by atoms with Crippen LogP contribution in [0.4, 0.5) is 5.69 Å². The van der Waals surface area contributed by atoms with Crippen LogP contribution in [0, 0.1) is 5.41 Å². The zero-order chi connectivity index (χ0) is 13.9. The van der Waals surface area contributed by atoms with Crippen LogP contribution in [0.15, 0.2) is 29.2 Å². The van der Waals surface area contributed by atoms with Crippen molar-refractivity contribution in [3.63, 3.8) is 0 Å². The first kappa shape index (κ1) is 14.3. The molecule has 0 saturated heterocycles. The topological polar surface area (TPSA) is 98.2 Å². The van der Waals surface area contributed by atoms with Gasteiger partial charge in [0.2, 0.25) is 10.0 Å². The predicted molar refractivity (Wildman–Crippen MR) is 76.3 cm³/mol. The lowest BCUT2D eigenvalue weighted by Gasteiger charge is -2.27. The van der Waals surface area contributed by atoms with Crippen LogP contribution in [0.2, 0.25) is 0 Å². The third-order valence-electron chi connectivity index (χ3n) is 3.95. The van der Waals surface area contributed by atoms with Gasteiger partial charge < -0.3 is 11.1 Å². The van der Waals surface area contributed by atoms with Crippen molar-refractivity contribution in [2.75, 3.05) is 18.4 Å². The van der Waals surface area contributed by atoms with Crippen molar-refractivity contribution in [3.05, 3.63) is 24.3 Å². The van der Waals surface area contributed by atoms with Crippen molar-refractivity contribution in [1.82, 2.24) is 0 Å². The fraction of sp³-hybridized carbons (Fsp3) is 0.538. The van der Waals surface area contributed by atoms with Gasteiger partial charge >= 0.3 is 0 Å². The summed E-state index contributed by atoms with van der Waals surface area (Å²) in [5.41, 5.74) is 6.97. The highest BCUT2D eigenvalue weighted by Crippen LogP contribution is 2.37. The second-order valence-corrected chi connectivity index (χ2v) is 6.90. The van der Waals surface area contributed by atoms with E-state index in [1.807, 2.05) is 0 Å². The fourth-order valence-electron chi connectivity index (χ4n) is 2.63. The van der Waals surface area contributed by atoms with Gasteiger partial charge in [0.25, 0.3) is 0 Å². The van der Waals surface area contributed by atoms with Crippen LogP contribution in [0.25, 0.3) is 0 Å². The van der Waals surface area contributed by atoms with E-state index in [2.05, 4.69) is 5.32 Å². The molecule has 0 bridgehead atoms. The molecule has 2 rings (SSSR count). The number of hydrogen-bond donors (Lipinski definition) is 3. The van der Waals surface area contributed by atoms with Gasteiger partial charge in [0.1, 0.15) is 0 Å². The van der Waals surface area contributed by atoms with E-state index in [-0.39, 0.29) is 10.3 Å². The molecule has 1 aromatic rings. The second-order valence-electron chi connectivity index (χ2n) is 5.33. The van der Waals surface area contributed by atoms with E-state index < -0.39 is 10.0 Å². The van der Waals surface area contributed by atoms with Gasteiger partial charge in [-0.25, -0.2) is 13.6 Å². The fourth-order valence-corrected chi connectivity index (χ4v) is 3.15. The maximum Gasteiger partial charge on any atom is 0.238 e. The lowest BCUT2D eigenvalue weighted by Crippen LogP contribution is -2.34. The summed E-state index contributed by atoms with van der Waals surface area (Å²) in [6.07, 6.45) is 4.80. The zero-order valence-electron chi connectivity index (χ0n) is 10.9. The van der Waals surface area contributed by atoms with Crippen LogP contribution < -0.4 is 16.2 Å². The summed E-state index contributed by atoms with van der Waals surface area (Å²) in [6.45, 7) is 1.52. The molecular weight excluding hydrogens is 262 g/mol. The highest BCUT2D eigenvalue weighted by molar-refractivity contribution is 7.89. The molecule has 0 aromatic heterocycles. The van der Waals surface area contributed by atoms with Crippen molar-refractivity contribution in [3.8, 4) is 0 Å². The Labute approximate surface area is 114 Å². The average Bonchev–Trinajstić information content (AvgIpc) is 2.85. The Hall–Kier alpha value is -1.11. The van der Waals surface area contributed by atoms with E-state index in [0.717, 1.165) is 25.1 Å². The number of hydrogen-bond acceptors (Lipinski definition) is 4. The van der Waals surface area contributed by atoms with Crippen molar-refractivity contribution in [1.29, 1.82) is 0 Å². The molecule has 1 aliphatic rings. The van der Waals surface area contributed by atoms with Gasteiger partial charge in [-0.05, 0) is 49.1 Å². The van der Waals surface area contributed by atoms with Gasteiger partial charge in [-0.1, -0.05) is 12.8 Å². The Kier molecular flexibility index (Phi) is 4.13. The standard InChI is InChI=1S/C13H21N3O2S/c14-9-13(7-1-2-8-13)10-16-11-3-5-12(6-4-11)19(15,17)18/h3-6,16H,1-2,7-10,14H2,(H2,15,17,18). The largest absolute Gasteiger partial charge is 0.384 e. The summed E-state index contributed by atoms with van der Waals surface area (Å²) in [6, 6.07) is 6.50. The number of nitrogens with one attached hydrogen (secondary N) is 1. The van der Waals surface area contributed by atoms with Gasteiger partial charge in [0.15, 0.2) is 0 Å². The van der Waals surface area contributed by atoms with Crippen molar-refractivity contribution >= 4 is 15.7 Å². The van der Waals surface area contributed by atoms with E-state index in [1.165, 1.54) is 25.0 Å². The Bertz CT molecular complexity index is 519. The van der Waals surface area contributed by atoms with Crippen LogP contribution in [0.5, 0.6) is 0 Å². The summed E-state index contributed by atoms with van der Waals surface area (Å²) in [7, 11) is -3.61. The molecule has 6 heteroatoms. The molecule has 1 fully saturated rings. The molecule has 0 amide bonds. The summed E-state index contributed by atoms with van der Waals surface area (Å²) < 4.78 is 22.3. The highest BCUT2D eigenvalue weighted by Gasteiger charge is 2.32. The smallest absolute Gasteiger partial charge is 0.238 e. The van der Waals surface area contributed by atoms with Gasteiger partial charge in [0, 0.05) is 12.2 Å². The maximum absolute atomic E-state index is 11.1. The minimum Gasteiger partial charge on any atom is -0.384 e. The Balaban J connectivity index is 2.00. The average molecular weight is 283 g/mol. The Morgan fingerprint density at radius 3 is 2.21 bits per heavy atom. The Morgan fingerprint density at radius 1 is 1.16 bits per heavy atom. The minimum atomic E-state index is -3.61. The first-order valence-electron chi connectivity index (χ1n) is 6.52. The number of rotatable bonds is 5. The van der Waals surface area contributed by atoms with Crippen molar-refractivity contribution < 1.29 is 8.42 Å². The van der Waals surface area contributed by atoms with Crippen LogP contribution >= 0.6 is 0 Å². The normalized spacial score (nSPS) is 18.4. The molecule has 0 radical (unpaired) electrons. The molecular formula is C13H21N3O2S. The number of anilines is 1. The second kappa shape index (κ2) is 5.48. The molecule has 0 spiro atoms. The van der Waals surface area contributed by atoms with E-state index in [0.29, 0.717) is 6.54 Å². The summed E-state index contributed by atoms with van der Waals surface area (Å²) in [4.78, 5) is 0.132. The summed E-state index contributed by atoms with van der Waals surface area (Å²) in [5.74, 6) is 0. The maximum atomic E-state index is 11.1. The molecule has 0 unspecified atom stereocenters. The van der Waals surface area contributed by atoms with Crippen molar-refractivity contribution in [2.24, 2.45) is 16.3 Å².